The second-order valence-electron chi connectivity index (χ2n) is 6.32. The number of nitriles is 2. The van der Waals surface area contributed by atoms with Crippen molar-refractivity contribution in [3.63, 3.8) is 0 Å². The minimum Gasteiger partial charge on any atom is -0.496 e. The van der Waals surface area contributed by atoms with Gasteiger partial charge in [0.1, 0.15) is 22.6 Å². The summed E-state index contributed by atoms with van der Waals surface area (Å²) in [5.41, 5.74) is 0.642. The standard InChI is InChI=1S/C21H15N3O2S/c1-26-18-9-6-13-4-2-3-5-16(13)17(18)10-19-20(25)24(15-7-8-15)21(27-19)14(11-22)12-23/h2-6,9-10,15H,7-8H2,1H3/b19-10-. The monoisotopic (exact) mass is 373 g/mol. The van der Waals surface area contributed by atoms with E-state index in [4.69, 9.17) is 4.74 Å². The van der Waals surface area contributed by atoms with Gasteiger partial charge in [-0.1, -0.05) is 30.3 Å². The SMILES string of the molecule is COc1ccc2ccccc2c1/C=c1\sc(=C(C#N)C#N)n(C2CC2)c1=O. The van der Waals surface area contributed by atoms with Crippen LogP contribution in [0.25, 0.3) is 22.4 Å². The molecule has 1 aromatic heterocycles. The molecule has 132 valence electrons. The highest BCUT2D eigenvalue weighted by Crippen LogP contribution is 2.32. The first-order chi connectivity index (χ1) is 13.2. The van der Waals surface area contributed by atoms with E-state index in [1.807, 2.05) is 54.6 Å². The van der Waals surface area contributed by atoms with Gasteiger partial charge in [-0.3, -0.25) is 9.36 Å². The van der Waals surface area contributed by atoms with E-state index < -0.39 is 0 Å². The summed E-state index contributed by atoms with van der Waals surface area (Å²) in [6, 6.07) is 15.7. The Labute approximate surface area is 159 Å². The lowest BCUT2D eigenvalue weighted by Gasteiger charge is -2.08. The van der Waals surface area contributed by atoms with Crippen LogP contribution in [0.2, 0.25) is 0 Å². The van der Waals surface area contributed by atoms with E-state index in [1.165, 1.54) is 11.3 Å². The third-order valence-electron chi connectivity index (χ3n) is 4.63. The second kappa shape index (κ2) is 6.75. The third kappa shape index (κ3) is 2.91. The molecule has 1 saturated carbocycles. The molecule has 0 amide bonds. The number of ether oxygens (including phenoxy) is 1. The molecule has 0 bridgehead atoms. The topological polar surface area (TPSA) is 78.8 Å². The van der Waals surface area contributed by atoms with Gasteiger partial charge < -0.3 is 4.74 Å². The van der Waals surface area contributed by atoms with Crippen LogP contribution in [0.3, 0.4) is 0 Å². The van der Waals surface area contributed by atoms with E-state index in [0.717, 1.165) is 29.2 Å². The molecule has 0 aliphatic heterocycles. The van der Waals surface area contributed by atoms with Crippen LogP contribution in [0.5, 0.6) is 5.75 Å². The number of hydrogen-bond acceptors (Lipinski definition) is 5. The minimum atomic E-state index is -0.157. The van der Waals surface area contributed by atoms with Gasteiger partial charge >= 0.3 is 0 Å². The predicted molar refractivity (Wildman–Crippen MR) is 105 cm³/mol. The Morgan fingerprint density at radius 2 is 1.96 bits per heavy atom. The predicted octanol–water partition coefficient (Wildman–Crippen LogP) is 2.43. The summed E-state index contributed by atoms with van der Waals surface area (Å²) in [5, 5.41) is 20.6. The maximum absolute atomic E-state index is 13.0. The lowest BCUT2D eigenvalue weighted by molar-refractivity contribution is 0.414. The second-order valence-corrected chi connectivity index (χ2v) is 7.35. The number of fused-ring (bicyclic) bond motifs is 1. The minimum absolute atomic E-state index is 0.0199. The Bertz CT molecular complexity index is 1300. The van der Waals surface area contributed by atoms with Crippen molar-refractivity contribution in [1.82, 2.24) is 4.57 Å². The zero-order valence-corrected chi connectivity index (χ0v) is 15.4. The average molecular weight is 373 g/mol. The first kappa shape index (κ1) is 17.1. The number of rotatable bonds is 3. The van der Waals surface area contributed by atoms with Gasteiger partial charge in [-0.05, 0) is 35.8 Å². The first-order valence-electron chi connectivity index (χ1n) is 8.51. The van der Waals surface area contributed by atoms with Crippen molar-refractivity contribution >= 4 is 33.8 Å². The van der Waals surface area contributed by atoms with Gasteiger partial charge in [0.15, 0.2) is 5.57 Å². The van der Waals surface area contributed by atoms with Crippen molar-refractivity contribution < 1.29 is 4.74 Å². The Morgan fingerprint density at radius 3 is 2.63 bits per heavy atom. The van der Waals surface area contributed by atoms with Crippen LogP contribution in [-0.4, -0.2) is 11.7 Å². The van der Waals surface area contributed by atoms with Crippen molar-refractivity contribution in [2.75, 3.05) is 7.11 Å². The lowest BCUT2D eigenvalue weighted by Crippen LogP contribution is -2.31. The molecule has 1 aliphatic rings. The van der Waals surface area contributed by atoms with Gasteiger partial charge in [0.25, 0.3) is 5.56 Å². The zero-order valence-electron chi connectivity index (χ0n) is 14.6. The number of benzene rings is 2. The molecule has 6 heteroatoms. The molecule has 27 heavy (non-hydrogen) atoms. The summed E-state index contributed by atoms with van der Waals surface area (Å²) in [6.45, 7) is 0. The van der Waals surface area contributed by atoms with Crippen LogP contribution < -0.4 is 19.5 Å². The van der Waals surface area contributed by atoms with Crippen molar-refractivity contribution in [2.45, 2.75) is 18.9 Å². The summed E-state index contributed by atoms with van der Waals surface area (Å²) in [4.78, 5) is 13.0. The number of nitrogens with zero attached hydrogens (tertiary/aromatic N) is 3. The molecule has 0 N–H and O–H groups in total. The van der Waals surface area contributed by atoms with E-state index in [-0.39, 0.29) is 17.2 Å². The summed E-state index contributed by atoms with van der Waals surface area (Å²) >= 11 is 1.19. The number of hydrogen-bond donors (Lipinski definition) is 0. The molecular formula is C21H15N3O2S. The molecule has 1 fully saturated rings. The van der Waals surface area contributed by atoms with Crippen LogP contribution in [0.15, 0.2) is 41.2 Å². The average Bonchev–Trinajstić information content (AvgIpc) is 3.48. The number of thiazole rings is 1. The highest BCUT2D eigenvalue weighted by atomic mass is 32.1. The van der Waals surface area contributed by atoms with Crippen molar-refractivity contribution in [1.29, 1.82) is 10.5 Å². The Morgan fingerprint density at radius 1 is 1.22 bits per heavy atom. The third-order valence-corrected chi connectivity index (χ3v) is 5.74. The maximum atomic E-state index is 13.0. The van der Waals surface area contributed by atoms with Crippen LogP contribution in [-0.2, 0) is 0 Å². The molecule has 1 aliphatic carbocycles. The summed E-state index contributed by atoms with van der Waals surface area (Å²) in [5.74, 6) is 0.672. The van der Waals surface area contributed by atoms with Gasteiger partial charge in [0, 0.05) is 11.6 Å². The zero-order chi connectivity index (χ0) is 19.0. The molecule has 1 heterocycles. The fraction of sp³-hybridized carbons (Fsp3) is 0.190. The Hall–Kier alpha value is -3.35. The van der Waals surface area contributed by atoms with Crippen molar-refractivity contribution in [2.24, 2.45) is 0 Å². The summed E-state index contributed by atoms with van der Waals surface area (Å²) < 4.78 is 8.05. The molecule has 4 rings (SSSR count). The Kier molecular flexibility index (Phi) is 4.27. The van der Waals surface area contributed by atoms with Crippen molar-refractivity contribution in [3.05, 3.63) is 61.5 Å². The molecule has 0 spiro atoms. The fourth-order valence-electron chi connectivity index (χ4n) is 3.19. The fourth-order valence-corrected chi connectivity index (χ4v) is 4.28. The van der Waals surface area contributed by atoms with Gasteiger partial charge in [-0.15, -0.1) is 11.3 Å². The summed E-state index contributed by atoms with van der Waals surface area (Å²) in [7, 11) is 1.60. The van der Waals surface area contributed by atoms with Crippen LogP contribution >= 0.6 is 11.3 Å². The van der Waals surface area contributed by atoms with Crippen LogP contribution in [0, 0.1) is 22.7 Å². The quantitative estimate of drug-likeness (QED) is 0.706. The molecule has 0 saturated heterocycles. The van der Waals surface area contributed by atoms with Gasteiger partial charge in [0.05, 0.1) is 11.6 Å². The molecule has 3 aromatic rings. The van der Waals surface area contributed by atoms with Crippen LogP contribution in [0.4, 0.5) is 0 Å². The van der Waals surface area contributed by atoms with E-state index >= 15 is 0 Å². The number of methoxy groups -OCH3 is 1. The highest BCUT2D eigenvalue weighted by molar-refractivity contribution is 7.07. The molecule has 5 nitrogen and oxygen atoms in total. The molecular weight excluding hydrogens is 358 g/mol. The van der Waals surface area contributed by atoms with E-state index in [2.05, 4.69) is 0 Å². The van der Waals surface area contributed by atoms with Crippen LogP contribution in [0.1, 0.15) is 24.4 Å². The lowest BCUT2D eigenvalue weighted by atomic mass is 10.0. The maximum Gasteiger partial charge on any atom is 0.269 e. The molecule has 0 radical (unpaired) electrons. The molecule has 2 aromatic carbocycles. The van der Waals surface area contributed by atoms with Gasteiger partial charge in [-0.25, -0.2) is 0 Å². The van der Waals surface area contributed by atoms with E-state index in [9.17, 15) is 15.3 Å². The van der Waals surface area contributed by atoms with Gasteiger partial charge in [0.2, 0.25) is 0 Å². The van der Waals surface area contributed by atoms with Gasteiger partial charge in [-0.2, -0.15) is 10.5 Å². The number of aromatic nitrogens is 1. The molecule has 0 atom stereocenters. The first-order valence-corrected chi connectivity index (χ1v) is 9.33. The molecule has 0 unspecified atom stereocenters. The Balaban J connectivity index is 2.09. The smallest absolute Gasteiger partial charge is 0.269 e. The van der Waals surface area contributed by atoms with Crippen molar-refractivity contribution in [3.8, 4) is 17.9 Å². The van der Waals surface area contributed by atoms with E-state index in [0.29, 0.717) is 14.9 Å². The van der Waals surface area contributed by atoms with E-state index in [1.54, 1.807) is 11.7 Å². The largest absolute Gasteiger partial charge is 0.496 e. The summed E-state index contributed by atoms with van der Waals surface area (Å²) in [6.07, 6.45) is 3.60. The highest BCUT2D eigenvalue weighted by Gasteiger charge is 2.27. The normalized spacial score (nSPS) is 14.0.